The molecule has 3 heterocycles. The van der Waals surface area contributed by atoms with Crippen LogP contribution in [0.1, 0.15) is 29.1 Å². The molecule has 7 nitrogen and oxygen atoms in total. The molecule has 4 rings (SSSR count). The molecule has 0 unspecified atom stereocenters. The second kappa shape index (κ2) is 6.10. The van der Waals surface area contributed by atoms with E-state index < -0.39 is 6.29 Å². The van der Waals surface area contributed by atoms with Gasteiger partial charge in [0.2, 0.25) is 13.1 Å². The van der Waals surface area contributed by atoms with Gasteiger partial charge in [-0.3, -0.25) is 9.78 Å². The number of amides is 1. The van der Waals surface area contributed by atoms with Crippen LogP contribution < -0.4 is 9.47 Å². The number of hydrogen-bond acceptors (Lipinski definition) is 6. The second-order valence-electron chi connectivity index (χ2n) is 5.60. The van der Waals surface area contributed by atoms with E-state index in [9.17, 15) is 4.79 Å². The Hall–Kier alpha value is -2.64. The van der Waals surface area contributed by atoms with Crippen LogP contribution in [0.5, 0.6) is 11.5 Å². The summed E-state index contributed by atoms with van der Waals surface area (Å²) >= 11 is 0. The molecule has 0 spiro atoms. The van der Waals surface area contributed by atoms with Gasteiger partial charge >= 0.3 is 0 Å². The quantitative estimate of drug-likeness (QED) is 0.842. The number of hydrogen-bond donors (Lipinski definition) is 0. The number of nitrogens with zero attached hydrogens (tertiary/aromatic N) is 2. The standard InChI is InChI=1S/C17H16N2O5/c1-11-9-19(24-17(23-11)13-3-2-6-18-8-13)16(20)12-4-5-14-15(7-12)22-10-21-14/h2-8,11,17H,9-10H2,1H3/t11-,17-/m0/s1. The van der Waals surface area contributed by atoms with Gasteiger partial charge in [-0.25, -0.2) is 9.90 Å². The number of pyridine rings is 1. The first-order chi connectivity index (χ1) is 11.7. The molecule has 2 aliphatic rings. The van der Waals surface area contributed by atoms with Crippen LogP contribution in [-0.4, -0.2) is 35.4 Å². The number of carbonyl (C=O) groups excluding carboxylic acids is 1. The molecule has 0 bridgehead atoms. The van der Waals surface area contributed by atoms with Crippen LogP contribution in [0.4, 0.5) is 0 Å². The fourth-order valence-electron chi connectivity index (χ4n) is 2.63. The largest absolute Gasteiger partial charge is 0.454 e. The zero-order chi connectivity index (χ0) is 16.5. The lowest BCUT2D eigenvalue weighted by Gasteiger charge is -2.35. The van der Waals surface area contributed by atoms with Crippen molar-refractivity contribution in [2.24, 2.45) is 0 Å². The van der Waals surface area contributed by atoms with Crippen LogP contribution in [0.25, 0.3) is 0 Å². The Morgan fingerprint density at radius 3 is 2.96 bits per heavy atom. The third-order valence-electron chi connectivity index (χ3n) is 3.80. The van der Waals surface area contributed by atoms with Crippen LogP contribution >= 0.6 is 0 Å². The zero-order valence-corrected chi connectivity index (χ0v) is 13.0. The van der Waals surface area contributed by atoms with Gasteiger partial charge in [-0.15, -0.1) is 0 Å². The Bertz CT molecular complexity index is 752. The fourth-order valence-corrected chi connectivity index (χ4v) is 2.63. The predicted octanol–water partition coefficient (Wildman–Crippen LogP) is 2.30. The highest BCUT2D eigenvalue weighted by Crippen LogP contribution is 2.33. The highest BCUT2D eigenvalue weighted by Gasteiger charge is 2.32. The number of benzene rings is 1. The number of fused-ring (bicyclic) bond motifs is 1. The van der Waals surface area contributed by atoms with E-state index in [1.54, 1.807) is 36.7 Å². The minimum absolute atomic E-state index is 0.165. The average molecular weight is 328 g/mol. The Kier molecular flexibility index (Phi) is 3.79. The molecule has 2 aromatic rings. The summed E-state index contributed by atoms with van der Waals surface area (Å²) in [5, 5.41) is 1.32. The molecule has 2 aliphatic heterocycles. The Morgan fingerprint density at radius 1 is 1.25 bits per heavy atom. The van der Waals surface area contributed by atoms with Gasteiger partial charge in [0.15, 0.2) is 11.5 Å². The highest BCUT2D eigenvalue weighted by molar-refractivity contribution is 5.94. The van der Waals surface area contributed by atoms with Gasteiger partial charge in [0.05, 0.1) is 12.6 Å². The molecule has 0 saturated carbocycles. The molecule has 1 aromatic heterocycles. The SMILES string of the molecule is C[C@H]1CN(C(=O)c2ccc3c(c2)OCO3)O[C@@H](c2cccnc2)O1. The number of ether oxygens (including phenoxy) is 3. The smallest absolute Gasteiger partial charge is 0.277 e. The summed E-state index contributed by atoms with van der Waals surface area (Å²) in [6.45, 7) is 2.40. The molecule has 1 fully saturated rings. The molecule has 0 aliphatic carbocycles. The van der Waals surface area contributed by atoms with Crippen molar-refractivity contribution in [1.82, 2.24) is 10.0 Å². The van der Waals surface area contributed by atoms with Gasteiger partial charge < -0.3 is 14.2 Å². The van der Waals surface area contributed by atoms with Crippen LogP contribution in [0.15, 0.2) is 42.7 Å². The molecular weight excluding hydrogens is 312 g/mol. The summed E-state index contributed by atoms with van der Waals surface area (Å²) in [4.78, 5) is 22.5. The molecule has 1 aromatic carbocycles. The first-order valence-electron chi connectivity index (χ1n) is 7.64. The lowest BCUT2D eigenvalue weighted by Crippen LogP contribution is -2.44. The van der Waals surface area contributed by atoms with Crippen LogP contribution in [0.2, 0.25) is 0 Å². The molecule has 7 heteroatoms. The topological polar surface area (TPSA) is 70.1 Å². The van der Waals surface area contributed by atoms with Crippen molar-refractivity contribution < 1.29 is 23.8 Å². The van der Waals surface area contributed by atoms with E-state index >= 15 is 0 Å². The number of rotatable bonds is 2. The number of aromatic nitrogens is 1. The summed E-state index contributed by atoms with van der Waals surface area (Å²) in [7, 11) is 0. The molecule has 0 N–H and O–H groups in total. The fraction of sp³-hybridized carbons (Fsp3) is 0.294. The van der Waals surface area contributed by atoms with Crippen molar-refractivity contribution in [3.05, 3.63) is 53.9 Å². The maximum Gasteiger partial charge on any atom is 0.277 e. The van der Waals surface area contributed by atoms with Gasteiger partial charge in [-0.05, 0) is 31.2 Å². The Balaban J connectivity index is 1.55. The van der Waals surface area contributed by atoms with Crippen molar-refractivity contribution in [2.75, 3.05) is 13.3 Å². The van der Waals surface area contributed by atoms with Crippen molar-refractivity contribution in [2.45, 2.75) is 19.3 Å². The van der Waals surface area contributed by atoms with E-state index in [0.29, 0.717) is 23.6 Å². The van der Waals surface area contributed by atoms with Gasteiger partial charge in [0.1, 0.15) is 0 Å². The Morgan fingerprint density at radius 2 is 2.12 bits per heavy atom. The number of carbonyl (C=O) groups is 1. The van der Waals surface area contributed by atoms with E-state index in [1.807, 2.05) is 13.0 Å². The van der Waals surface area contributed by atoms with Crippen molar-refractivity contribution in [3.8, 4) is 11.5 Å². The Labute approximate surface area is 138 Å². The summed E-state index contributed by atoms with van der Waals surface area (Å²) in [6.07, 6.45) is 2.50. The van der Waals surface area contributed by atoms with Crippen LogP contribution in [-0.2, 0) is 9.57 Å². The van der Waals surface area contributed by atoms with E-state index in [1.165, 1.54) is 5.06 Å². The van der Waals surface area contributed by atoms with Gasteiger partial charge in [-0.1, -0.05) is 6.07 Å². The molecule has 24 heavy (non-hydrogen) atoms. The molecule has 2 atom stereocenters. The minimum Gasteiger partial charge on any atom is -0.454 e. The summed E-state index contributed by atoms with van der Waals surface area (Å²) in [5.41, 5.74) is 1.23. The molecule has 124 valence electrons. The van der Waals surface area contributed by atoms with Crippen molar-refractivity contribution >= 4 is 5.91 Å². The lowest BCUT2D eigenvalue weighted by atomic mass is 10.2. The lowest BCUT2D eigenvalue weighted by molar-refractivity contribution is -0.320. The van der Waals surface area contributed by atoms with Crippen LogP contribution in [0.3, 0.4) is 0 Å². The zero-order valence-electron chi connectivity index (χ0n) is 13.0. The average Bonchev–Trinajstić information content (AvgIpc) is 3.09. The summed E-state index contributed by atoms with van der Waals surface area (Å²) in [5.74, 6) is 0.944. The third kappa shape index (κ3) is 2.79. The van der Waals surface area contributed by atoms with Gasteiger partial charge in [0, 0.05) is 23.5 Å². The summed E-state index contributed by atoms with van der Waals surface area (Å²) in [6, 6.07) is 8.72. The maximum absolute atomic E-state index is 12.8. The minimum atomic E-state index is -0.666. The molecule has 0 radical (unpaired) electrons. The van der Waals surface area contributed by atoms with Crippen molar-refractivity contribution in [3.63, 3.8) is 0 Å². The van der Waals surface area contributed by atoms with E-state index in [0.717, 1.165) is 5.56 Å². The third-order valence-corrected chi connectivity index (χ3v) is 3.80. The maximum atomic E-state index is 12.8. The first kappa shape index (κ1) is 14.9. The van der Waals surface area contributed by atoms with Crippen LogP contribution in [0, 0.1) is 0 Å². The molecular formula is C17H16N2O5. The normalized spacial score (nSPS) is 22.5. The van der Waals surface area contributed by atoms with Gasteiger partial charge in [0.25, 0.3) is 5.91 Å². The van der Waals surface area contributed by atoms with E-state index in [2.05, 4.69) is 4.98 Å². The summed E-state index contributed by atoms with van der Waals surface area (Å²) < 4.78 is 16.3. The number of hydroxylamine groups is 2. The van der Waals surface area contributed by atoms with E-state index in [4.69, 9.17) is 19.0 Å². The van der Waals surface area contributed by atoms with E-state index in [-0.39, 0.29) is 18.8 Å². The van der Waals surface area contributed by atoms with Crippen molar-refractivity contribution in [1.29, 1.82) is 0 Å². The predicted molar refractivity (Wildman–Crippen MR) is 82.2 cm³/mol. The monoisotopic (exact) mass is 328 g/mol. The first-order valence-corrected chi connectivity index (χ1v) is 7.64. The van der Waals surface area contributed by atoms with Gasteiger partial charge in [-0.2, -0.15) is 0 Å². The highest BCUT2D eigenvalue weighted by atomic mass is 16.8. The second-order valence-corrected chi connectivity index (χ2v) is 5.60. The molecule has 1 saturated heterocycles. The molecule has 1 amide bonds.